The molecule has 0 unspecified atom stereocenters. The van der Waals surface area contributed by atoms with Crippen molar-refractivity contribution in [1.82, 2.24) is 14.7 Å². The number of benzene rings is 2. The number of likely N-dealkylation sites (tertiary alicyclic amines) is 1. The molecular weight excluding hydrogens is 481 g/mol. The summed E-state index contributed by atoms with van der Waals surface area (Å²) in [6, 6.07) is 9.27. The summed E-state index contributed by atoms with van der Waals surface area (Å²) >= 11 is 0. The van der Waals surface area contributed by atoms with E-state index in [2.05, 4.69) is 5.10 Å². The van der Waals surface area contributed by atoms with Crippen molar-refractivity contribution in [1.29, 1.82) is 0 Å². The minimum atomic E-state index is -4.68. The van der Waals surface area contributed by atoms with Crippen LogP contribution in [0.2, 0.25) is 0 Å². The van der Waals surface area contributed by atoms with E-state index in [0.29, 0.717) is 25.9 Å². The van der Waals surface area contributed by atoms with E-state index in [0.717, 1.165) is 25.1 Å². The Morgan fingerprint density at radius 3 is 2.36 bits per heavy atom. The second kappa shape index (κ2) is 8.04. The number of amides is 1. The van der Waals surface area contributed by atoms with Crippen LogP contribution in [0.1, 0.15) is 47.6 Å². The highest BCUT2D eigenvalue weighted by Gasteiger charge is 2.55. The van der Waals surface area contributed by atoms with Crippen molar-refractivity contribution in [2.45, 2.75) is 44.0 Å². The molecule has 0 N–H and O–H groups in total. The summed E-state index contributed by atoms with van der Waals surface area (Å²) < 4.78 is 76.8. The number of hydrogen-bond acceptors (Lipinski definition) is 3. The maximum atomic E-state index is 14.5. The Morgan fingerprint density at radius 1 is 1.00 bits per heavy atom. The van der Waals surface area contributed by atoms with Crippen LogP contribution in [0.25, 0.3) is 11.3 Å². The van der Waals surface area contributed by atoms with E-state index in [1.165, 1.54) is 35.0 Å². The second-order valence-electron chi connectivity index (χ2n) is 10.0. The summed E-state index contributed by atoms with van der Waals surface area (Å²) in [5, 5.41) is 4.12. The quantitative estimate of drug-likeness (QED) is 0.410. The van der Waals surface area contributed by atoms with E-state index in [4.69, 9.17) is 4.74 Å². The molecule has 36 heavy (non-hydrogen) atoms. The highest BCUT2D eigenvalue weighted by molar-refractivity contribution is 5.97. The SMILES string of the molecule is O=C(c1c(F)cccc1OC1CC1)N1CC2(CC(n3cc(C(F)(F)F)c(-c4ccccc4F)n3)C2)C1. The molecule has 3 aliphatic rings. The van der Waals surface area contributed by atoms with Crippen molar-refractivity contribution in [3.8, 4) is 17.0 Å². The fourth-order valence-electron chi connectivity index (χ4n) is 5.26. The number of alkyl halides is 3. The molecule has 3 aromatic rings. The molecule has 6 rings (SSSR count). The van der Waals surface area contributed by atoms with Crippen LogP contribution in [0.5, 0.6) is 5.75 Å². The van der Waals surface area contributed by atoms with Gasteiger partial charge in [-0.2, -0.15) is 18.3 Å². The third-order valence-corrected chi connectivity index (χ3v) is 7.22. The Bertz CT molecular complexity index is 1330. The van der Waals surface area contributed by atoms with Crippen molar-refractivity contribution in [2.24, 2.45) is 5.41 Å². The van der Waals surface area contributed by atoms with Gasteiger partial charge >= 0.3 is 6.18 Å². The van der Waals surface area contributed by atoms with Crippen LogP contribution in [-0.4, -0.2) is 39.8 Å². The lowest BCUT2D eigenvalue weighted by Crippen LogP contribution is -2.63. The molecule has 0 bridgehead atoms. The first-order chi connectivity index (χ1) is 17.1. The van der Waals surface area contributed by atoms with Gasteiger partial charge < -0.3 is 9.64 Å². The zero-order valence-electron chi connectivity index (χ0n) is 19.1. The zero-order chi connectivity index (χ0) is 25.2. The van der Waals surface area contributed by atoms with Gasteiger partial charge in [0.05, 0.1) is 12.1 Å². The Morgan fingerprint density at radius 2 is 1.69 bits per heavy atom. The van der Waals surface area contributed by atoms with E-state index in [1.54, 1.807) is 11.0 Å². The molecule has 2 aromatic carbocycles. The van der Waals surface area contributed by atoms with Gasteiger partial charge in [-0.3, -0.25) is 9.48 Å². The first-order valence-electron chi connectivity index (χ1n) is 11.8. The second-order valence-corrected chi connectivity index (χ2v) is 10.0. The molecule has 2 saturated carbocycles. The lowest BCUT2D eigenvalue weighted by atomic mass is 9.60. The predicted molar refractivity (Wildman–Crippen MR) is 119 cm³/mol. The average molecular weight is 503 g/mol. The molecule has 5 nitrogen and oxygen atoms in total. The minimum Gasteiger partial charge on any atom is -0.489 e. The molecule has 2 heterocycles. The summed E-state index contributed by atoms with van der Waals surface area (Å²) in [5.41, 5.74) is -1.94. The molecule has 3 fully saturated rings. The highest BCUT2D eigenvalue weighted by Crippen LogP contribution is 2.55. The summed E-state index contributed by atoms with van der Waals surface area (Å²) in [6.45, 7) is 0.764. The number of rotatable bonds is 5. The van der Waals surface area contributed by atoms with E-state index in [-0.39, 0.29) is 34.4 Å². The topological polar surface area (TPSA) is 47.4 Å². The standard InChI is InChI=1S/C26H22F5N3O2/c27-19-5-2-1-4-17(19)23-18(26(29,30)31)12-34(32-23)15-10-25(11-15)13-33(14-25)24(35)22-20(28)6-3-7-21(22)36-16-8-9-16/h1-7,12,15-16H,8-11,13-14H2. The molecular formula is C26H22F5N3O2. The molecule has 1 saturated heterocycles. The number of carbonyl (C=O) groups excluding carboxylic acids is 1. The molecule has 1 aliphatic heterocycles. The van der Waals surface area contributed by atoms with Gasteiger partial charge in [0.15, 0.2) is 0 Å². The van der Waals surface area contributed by atoms with Crippen molar-refractivity contribution in [3.63, 3.8) is 0 Å². The number of hydrogen-bond donors (Lipinski definition) is 0. The lowest BCUT2D eigenvalue weighted by molar-refractivity contribution is -0.137. The molecule has 1 amide bonds. The summed E-state index contributed by atoms with van der Waals surface area (Å²) in [7, 11) is 0. The Hall–Kier alpha value is -3.43. The minimum absolute atomic E-state index is 0.0124. The molecule has 0 radical (unpaired) electrons. The lowest BCUT2D eigenvalue weighted by Gasteiger charge is -2.58. The van der Waals surface area contributed by atoms with Crippen LogP contribution in [-0.2, 0) is 6.18 Å². The molecule has 1 aromatic heterocycles. The van der Waals surface area contributed by atoms with Gasteiger partial charge in [0.1, 0.15) is 34.2 Å². The van der Waals surface area contributed by atoms with Crippen LogP contribution in [0, 0.1) is 17.0 Å². The molecule has 10 heteroatoms. The van der Waals surface area contributed by atoms with Gasteiger partial charge in [0.25, 0.3) is 5.91 Å². The first-order valence-corrected chi connectivity index (χ1v) is 11.8. The number of halogens is 5. The van der Waals surface area contributed by atoms with Crippen LogP contribution < -0.4 is 4.74 Å². The maximum absolute atomic E-state index is 14.5. The predicted octanol–water partition coefficient (Wildman–Crippen LogP) is 5.87. The van der Waals surface area contributed by atoms with Gasteiger partial charge in [0, 0.05) is 30.3 Å². The number of aromatic nitrogens is 2. The smallest absolute Gasteiger partial charge is 0.420 e. The Labute approximate surface area is 203 Å². The Kier molecular flexibility index (Phi) is 5.14. The van der Waals surface area contributed by atoms with E-state index < -0.39 is 35.0 Å². The average Bonchev–Trinajstić information content (AvgIpc) is 3.46. The van der Waals surface area contributed by atoms with Crippen LogP contribution >= 0.6 is 0 Å². The first kappa shape index (κ1) is 23.0. The zero-order valence-corrected chi connectivity index (χ0v) is 19.1. The maximum Gasteiger partial charge on any atom is 0.420 e. The summed E-state index contributed by atoms with van der Waals surface area (Å²) in [5.74, 6) is -1.61. The van der Waals surface area contributed by atoms with E-state index >= 15 is 0 Å². The third-order valence-electron chi connectivity index (χ3n) is 7.22. The van der Waals surface area contributed by atoms with Gasteiger partial charge in [0.2, 0.25) is 0 Å². The highest BCUT2D eigenvalue weighted by atomic mass is 19.4. The van der Waals surface area contributed by atoms with Crippen molar-refractivity contribution >= 4 is 5.91 Å². The third kappa shape index (κ3) is 3.92. The van der Waals surface area contributed by atoms with Crippen LogP contribution in [0.3, 0.4) is 0 Å². The largest absolute Gasteiger partial charge is 0.489 e. The normalized spacial score (nSPS) is 19.2. The Balaban J connectivity index is 1.16. The van der Waals surface area contributed by atoms with E-state index in [1.807, 2.05) is 0 Å². The molecule has 0 atom stereocenters. The van der Waals surface area contributed by atoms with Crippen LogP contribution in [0.4, 0.5) is 22.0 Å². The van der Waals surface area contributed by atoms with Crippen molar-refractivity contribution < 1.29 is 31.5 Å². The molecule has 1 spiro atoms. The van der Waals surface area contributed by atoms with Gasteiger partial charge in [-0.15, -0.1) is 0 Å². The van der Waals surface area contributed by atoms with Crippen LogP contribution in [0.15, 0.2) is 48.7 Å². The fraction of sp³-hybridized carbons (Fsp3) is 0.385. The fourth-order valence-corrected chi connectivity index (χ4v) is 5.26. The van der Waals surface area contributed by atoms with Gasteiger partial charge in [-0.1, -0.05) is 18.2 Å². The van der Waals surface area contributed by atoms with Gasteiger partial charge in [-0.05, 0) is 49.9 Å². The monoisotopic (exact) mass is 503 g/mol. The van der Waals surface area contributed by atoms with Crippen molar-refractivity contribution in [2.75, 3.05) is 13.1 Å². The molecule has 2 aliphatic carbocycles. The number of carbonyl (C=O) groups is 1. The van der Waals surface area contributed by atoms with E-state index in [9.17, 15) is 26.7 Å². The number of nitrogens with zero attached hydrogens (tertiary/aromatic N) is 3. The number of ether oxygens (including phenoxy) is 1. The molecule has 188 valence electrons. The summed E-state index contributed by atoms with van der Waals surface area (Å²) in [4.78, 5) is 14.6. The van der Waals surface area contributed by atoms with Crippen molar-refractivity contribution in [3.05, 3.63) is 71.4 Å². The summed E-state index contributed by atoms with van der Waals surface area (Å²) in [6.07, 6.45) is -0.942. The van der Waals surface area contributed by atoms with Gasteiger partial charge in [-0.25, -0.2) is 8.78 Å².